The lowest BCUT2D eigenvalue weighted by atomic mass is 9.69. The molecule has 0 heterocycles. The van der Waals surface area contributed by atoms with Gasteiger partial charge in [-0.1, -0.05) is 32.3 Å². The van der Waals surface area contributed by atoms with Crippen molar-refractivity contribution >= 4 is 10.0 Å². The van der Waals surface area contributed by atoms with Gasteiger partial charge in [-0.15, -0.1) is 0 Å². The van der Waals surface area contributed by atoms with Crippen LogP contribution in [0.2, 0.25) is 0 Å². The minimum atomic E-state index is -3.21. The highest BCUT2D eigenvalue weighted by Crippen LogP contribution is 2.42. The van der Waals surface area contributed by atoms with Gasteiger partial charge in [0.05, 0.1) is 20.0 Å². The van der Waals surface area contributed by atoms with Crippen molar-refractivity contribution < 1.29 is 17.9 Å². The van der Waals surface area contributed by atoms with E-state index in [0.29, 0.717) is 24.5 Å². The van der Waals surface area contributed by atoms with E-state index in [2.05, 4.69) is 4.72 Å². The van der Waals surface area contributed by atoms with Crippen molar-refractivity contribution in [3.8, 4) is 11.5 Å². The molecule has 136 valence electrons. The van der Waals surface area contributed by atoms with E-state index >= 15 is 0 Å². The number of hydrogen-bond donors (Lipinski definition) is 1. The standard InChI is InChI=1S/C18H29NO4S/c1-4-12-24(20,21)19-14-18(10-6-5-7-11-18)15-8-9-16(22-2)17(13-15)23-3/h8-9,13,19H,4-7,10-12,14H2,1-3H3. The van der Waals surface area contributed by atoms with Gasteiger partial charge >= 0.3 is 0 Å². The summed E-state index contributed by atoms with van der Waals surface area (Å²) in [4.78, 5) is 0. The monoisotopic (exact) mass is 355 g/mol. The summed E-state index contributed by atoms with van der Waals surface area (Å²) in [7, 11) is 0.0304. The molecular formula is C18H29NO4S. The van der Waals surface area contributed by atoms with Gasteiger partial charge in [-0.2, -0.15) is 0 Å². The molecule has 0 spiro atoms. The summed E-state index contributed by atoms with van der Waals surface area (Å²) in [6.45, 7) is 2.33. The molecule has 0 radical (unpaired) electrons. The number of methoxy groups -OCH3 is 2. The van der Waals surface area contributed by atoms with Gasteiger partial charge in [0.1, 0.15) is 0 Å². The molecule has 1 fully saturated rings. The third kappa shape index (κ3) is 4.42. The number of nitrogens with one attached hydrogen (secondary N) is 1. The molecule has 1 saturated carbocycles. The number of sulfonamides is 1. The lowest BCUT2D eigenvalue weighted by Gasteiger charge is -2.38. The van der Waals surface area contributed by atoms with Crippen LogP contribution in [-0.4, -0.2) is 34.9 Å². The van der Waals surface area contributed by atoms with E-state index in [0.717, 1.165) is 31.2 Å². The van der Waals surface area contributed by atoms with Crippen molar-refractivity contribution in [2.75, 3.05) is 26.5 Å². The largest absolute Gasteiger partial charge is 0.493 e. The van der Waals surface area contributed by atoms with Crippen LogP contribution in [0, 0.1) is 0 Å². The van der Waals surface area contributed by atoms with Crippen LogP contribution in [0.3, 0.4) is 0 Å². The lowest BCUT2D eigenvalue weighted by Crippen LogP contribution is -2.42. The van der Waals surface area contributed by atoms with Crippen LogP contribution < -0.4 is 14.2 Å². The van der Waals surface area contributed by atoms with Crippen molar-refractivity contribution in [1.82, 2.24) is 4.72 Å². The van der Waals surface area contributed by atoms with Crippen LogP contribution >= 0.6 is 0 Å². The smallest absolute Gasteiger partial charge is 0.211 e. The van der Waals surface area contributed by atoms with Crippen LogP contribution in [0.25, 0.3) is 0 Å². The first-order chi connectivity index (χ1) is 11.5. The van der Waals surface area contributed by atoms with Crippen molar-refractivity contribution in [3.63, 3.8) is 0 Å². The summed E-state index contributed by atoms with van der Waals surface area (Å²) in [6.07, 6.45) is 6.03. The van der Waals surface area contributed by atoms with Crippen molar-refractivity contribution in [2.24, 2.45) is 0 Å². The number of rotatable bonds is 8. The van der Waals surface area contributed by atoms with Crippen LogP contribution in [0.4, 0.5) is 0 Å². The molecule has 0 amide bonds. The summed E-state index contributed by atoms with van der Waals surface area (Å²) in [5.41, 5.74) is 0.956. The number of ether oxygens (including phenoxy) is 2. The second kappa shape index (κ2) is 8.21. The summed E-state index contributed by atoms with van der Waals surface area (Å²) in [5.74, 6) is 1.56. The topological polar surface area (TPSA) is 64.6 Å². The average Bonchev–Trinajstić information content (AvgIpc) is 2.60. The highest BCUT2D eigenvalue weighted by Gasteiger charge is 2.35. The van der Waals surface area contributed by atoms with Crippen LogP contribution in [0.1, 0.15) is 51.0 Å². The zero-order valence-corrected chi connectivity index (χ0v) is 15.7. The maximum atomic E-state index is 12.1. The SMILES string of the molecule is CCCS(=O)(=O)NCC1(c2ccc(OC)c(OC)c2)CCCCC1. The molecule has 6 heteroatoms. The van der Waals surface area contributed by atoms with E-state index in [1.54, 1.807) is 14.2 Å². The summed E-state index contributed by atoms with van der Waals surface area (Å²) in [6, 6.07) is 5.95. The molecule has 2 rings (SSSR count). The molecule has 0 aliphatic heterocycles. The molecule has 1 aliphatic carbocycles. The molecule has 0 aromatic heterocycles. The third-order valence-electron chi connectivity index (χ3n) is 4.91. The van der Waals surface area contributed by atoms with Crippen molar-refractivity contribution in [3.05, 3.63) is 23.8 Å². The molecule has 0 atom stereocenters. The first kappa shape index (κ1) is 19.1. The summed E-state index contributed by atoms with van der Waals surface area (Å²) < 4.78 is 37.8. The second-order valence-corrected chi connectivity index (χ2v) is 8.48. The first-order valence-electron chi connectivity index (χ1n) is 8.66. The average molecular weight is 356 g/mol. The number of benzene rings is 1. The van der Waals surface area contributed by atoms with Gasteiger partial charge in [0.2, 0.25) is 10.0 Å². The van der Waals surface area contributed by atoms with Gasteiger partial charge in [-0.25, -0.2) is 13.1 Å². The van der Waals surface area contributed by atoms with Gasteiger partial charge in [-0.05, 0) is 37.0 Å². The Morgan fingerprint density at radius 3 is 2.33 bits per heavy atom. The molecule has 5 nitrogen and oxygen atoms in total. The van der Waals surface area contributed by atoms with E-state index in [4.69, 9.17) is 9.47 Å². The Morgan fingerprint density at radius 2 is 1.75 bits per heavy atom. The summed E-state index contributed by atoms with van der Waals surface area (Å²) >= 11 is 0. The van der Waals surface area contributed by atoms with E-state index in [-0.39, 0.29) is 11.2 Å². The van der Waals surface area contributed by atoms with Gasteiger partial charge in [0.15, 0.2) is 11.5 Å². The molecule has 24 heavy (non-hydrogen) atoms. The predicted octanol–water partition coefficient (Wildman–Crippen LogP) is 3.24. The minimum absolute atomic E-state index is 0.168. The highest BCUT2D eigenvalue weighted by atomic mass is 32.2. The van der Waals surface area contributed by atoms with Crippen molar-refractivity contribution in [2.45, 2.75) is 50.9 Å². The quantitative estimate of drug-likeness (QED) is 0.777. The van der Waals surface area contributed by atoms with Crippen LogP contribution in [0.15, 0.2) is 18.2 Å². The Bertz CT molecular complexity index is 636. The molecule has 1 aromatic carbocycles. The molecule has 1 aromatic rings. The van der Waals surface area contributed by atoms with E-state index in [9.17, 15) is 8.42 Å². The van der Waals surface area contributed by atoms with Crippen LogP contribution in [0.5, 0.6) is 11.5 Å². The molecule has 1 aliphatic rings. The zero-order valence-electron chi connectivity index (χ0n) is 14.9. The molecule has 0 saturated heterocycles. The molecule has 1 N–H and O–H groups in total. The fourth-order valence-electron chi connectivity index (χ4n) is 3.55. The fourth-order valence-corrected chi connectivity index (χ4v) is 4.73. The normalized spacial score (nSPS) is 17.5. The van der Waals surface area contributed by atoms with E-state index in [1.165, 1.54) is 6.42 Å². The second-order valence-electron chi connectivity index (χ2n) is 6.55. The van der Waals surface area contributed by atoms with Gasteiger partial charge in [0.25, 0.3) is 0 Å². The maximum absolute atomic E-state index is 12.1. The highest BCUT2D eigenvalue weighted by molar-refractivity contribution is 7.89. The lowest BCUT2D eigenvalue weighted by molar-refractivity contribution is 0.290. The Labute approximate surface area is 145 Å². The Morgan fingerprint density at radius 1 is 1.08 bits per heavy atom. The Kier molecular flexibility index (Phi) is 6.52. The molecule has 0 bridgehead atoms. The predicted molar refractivity (Wildman–Crippen MR) is 96.4 cm³/mol. The Hall–Kier alpha value is -1.27. The van der Waals surface area contributed by atoms with E-state index in [1.807, 2.05) is 25.1 Å². The first-order valence-corrected chi connectivity index (χ1v) is 10.3. The maximum Gasteiger partial charge on any atom is 0.211 e. The molecule has 0 unspecified atom stereocenters. The van der Waals surface area contributed by atoms with Crippen molar-refractivity contribution in [1.29, 1.82) is 0 Å². The van der Waals surface area contributed by atoms with E-state index < -0.39 is 10.0 Å². The summed E-state index contributed by atoms with van der Waals surface area (Å²) in [5, 5.41) is 0. The number of hydrogen-bond acceptors (Lipinski definition) is 4. The van der Waals surface area contributed by atoms with Gasteiger partial charge < -0.3 is 9.47 Å². The molecular weight excluding hydrogens is 326 g/mol. The van der Waals surface area contributed by atoms with Crippen LogP contribution in [-0.2, 0) is 15.4 Å². The van der Waals surface area contributed by atoms with Gasteiger partial charge in [-0.3, -0.25) is 0 Å². The Balaban J connectivity index is 2.30. The van der Waals surface area contributed by atoms with Gasteiger partial charge in [0, 0.05) is 12.0 Å². The minimum Gasteiger partial charge on any atom is -0.493 e. The zero-order chi connectivity index (χ0) is 17.6. The fraction of sp³-hybridized carbons (Fsp3) is 0.667. The third-order valence-corrected chi connectivity index (χ3v) is 6.44.